The van der Waals surface area contributed by atoms with Gasteiger partial charge in [-0.05, 0) is 63.8 Å². The van der Waals surface area contributed by atoms with Gasteiger partial charge in [-0.2, -0.15) is 0 Å². The second-order valence-corrected chi connectivity index (χ2v) is 8.72. The van der Waals surface area contributed by atoms with E-state index in [1.54, 1.807) is 13.8 Å². The summed E-state index contributed by atoms with van der Waals surface area (Å²) in [4.78, 5) is 12.6. The van der Waals surface area contributed by atoms with E-state index >= 15 is 0 Å². The summed E-state index contributed by atoms with van der Waals surface area (Å²) in [6.07, 6.45) is 3.86. The Hall–Kier alpha value is -2.15. The minimum Gasteiger partial charge on any atom is -0.338 e. The number of nitrogens with one attached hydrogen (secondary N) is 1. The number of rotatable bonds is 4. The van der Waals surface area contributed by atoms with E-state index in [0.717, 1.165) is 36.9 Å². The number of anilines is 1. The Balaban J connectivity index is 1.78. The van der Waals surface area contributed by atoms with Crippen molar-refractivity contribution in [3.05, 3.63) is 41.1 Å². The summed E-state index contributed by atoms with van der Waals surface area (Å²) in [6, 6.07) is 5.93. The van der Waals surface area contributed by atoms with Crippen LogP contribution in [0.3, 0.4) is 0 Å². The Morgan fingerprint density at radius 1 is 1.17 bits per heavy atom. The Kier molecular flexibility index (Phi) is 4.45. The Bertz CT molecular complexity index is 851. The maximum atomic E-state index is 12.3. The van der Waals surface area contributed by atoms with Gasteiger partial charge in [-0.15, -0.1) is 0 Å². The number of amides is 1. The van der Waals surface area contributed by atoms with Crippen LogP contribution in [0, 0.1) is 0 Å². The maximum absolute atomic E-state index is 12.3. The van der Waals surface area contributed by atoms with E-state index in [9.17, 15) is 13.2 Å². The third kappa shape index (κ3) is 3.08. The number of aryl methyl sites for hydroxylation is 1. The summed E-state index contributed by atoms with van der Waals surface area (Å²) in [5, 5.41) is 6.23. The minimum absolute atomic E-state index is 0.214. The monoisotopic (exact) mass is 348 g/mol. The molecule has 0 saturated heterocycles. The zero-order chi connectivity index (χ0) is 17.3. The van der Waals surface area contributed by atoms with Gasteiger partial charge in [0.25, 0.3) is 5.91 Å². The third-order valence-corrected chi connectivity index (χ3v) is 6.42. The van der Waals surface area contributed by atoms with Crippen molar-refractivity contribution in [1.29, 1.82) is 0 Å². The number of nitrogens with zero attached hydrogens (tertiary/aromatic N) is 1. The van der Waals surface area contributed by atoms with Gasteiger partial charge in [-0.25, -0.2) is 8.42 Å². The van der Waals surface area contributed by atoms with Crippen molar-refractivity contribution in [1.82, 2.24) is 5.16 Å². The van der Waals surface area contributed by atoms with Gasteiger partial charge in [0.05, 0.1) is 15.8 Å². The van der Waals surface area contributed by atoms with Crippen LogP contribution in [0.2, 0.25) is 0 Å². The molecule has 6 nitrogen and oxygen atoms in total. The van der Waals surface area contributed by atoms with Crippen molar-refractivity contribution in [2.75, 3.05) is 5.32 Å². The van der Waals surface area contributed by atoms with Gasteiger partial charge in [-0.1, -0.05) is 5.16 Å². The molecule has 0 radical (unpaired) electrons. The standard InChI is InChI=1S/C17H20N2O4S/c1-11(2)24(21,22)13-9-7-12(8-10-13)16(20)18-17-14-5-3-4-6-15(14)19-23-17/h7-11H,3-6H2,1-2H3,(H,18,20). The summed E-state index contributed by atoms with van der Waals surface area (Å²) in [5.41, 5.74) is 2.25. The van der Waals surface area contributed by atoms with E-state index in [4.69, 9.17) is 4.52 Å². The van der Waals surface area contributed by atoms with Gasteiger partial charge in [0.2, 0.25) is 5.88 Å². The lowest BCUT2D eigenvalue weighted by Gasteiger charge is -2.10. The molecule has 0 aliphatic heterocycles. The average molecular weight is 348 g/mol. The Labute approximate surface area is 141 Å². The van der Waals surface area contributed by atoms with Crippen LogP contribution in [-0.4, -0.2) is 24.7 Å². The van der Waals surface area contributed by atoms with E-state index < -0.39 is 15.1 Å². The first kappa shape index (κ1) is 16.7. The highest BCUT2D eigenvalue weighted by molar-refractivity contribution is 7.92. The van der Waals surface area contributed by atoms with Gasteiger partial charge >= 0.3 is 0 Å². The fourth-order valence-corrected chi connectivity index (χ4v) is 3.79. The molecule has 1 aromatic heterocycles. The van der Waals surface area contributed by atoms with E-state index in [2.05, 4.69) is 10.5 Å². The molecule has 0 bridgehead atoms. The first-order chi connectivity index (χ1) is 11.4. The van der Waals surface area contributed by atoms with Crippen LogP contribution in [0.15, 0.2) is 33.7 Å². The highest BCUT2D eigenvalue weighted by Crippen LogP contribution is 2.28. The van der Waals surface area contributed by atoms with Gasteiger partial charge in [-0.3, -0.25) is 10.1 Å². The quantitative estimate of drug-likeness (QED) is 0.917. The predicted molar refractivity (Wildman–Crippen MR) is 89.9 cm³/mol. The molecule has 0 atom stereocenters. The third-order valence-electron chi connectivity index (χ3n) is 4.25. The molecule has 3 rings (SSSR count). The van der Waals surface area contributed by atoms with Crippen LogP contribution < -0.4 is 5.32 Å². The van der Waals surface area contributed by atoms with Gasteiger partial charge in [0, 0.05) is 11.1 Å². The molecule has 0 spiro atoms. The van der Waals surface area contributed by atoms with Gasteiger partial charge < -0.3 is 4.52 Å². The number of hydrogen-bond acceptors (Lipinski definition) is 5. The normalized spacial score (nSPS) is 14.5. The summed E-state index contributed by atoms with van der Waals surface area (Å²) in [6.45, 7) is 3.26. The molecule has 24 heavy (non-hydrogen) atoms. The molecule has 1 N–H and O–H groups in total. The number of aromatic nitrogens is 1. The Morgan fingerprint density at radius 3 is 2.50 bits per heavy atom. The highest BCUT2D eigenvalue weighted by Gasteiger charge is 2.22. The molecule has 7 heteroatoms. The van der Waals surface area contributed by atoms with E-state index in [0.29, 0.717) is 11.4 Å². The lowest BCUT2D eigenvalue weighted by molar-refractivity contribution is 0.102. The van der Waals surface area contributed by atoms with Crippen molar-refractivity contribution in [3.63, 3.8) is 0 Å². The topological polar surface area (TPSA) is 89.3 Å². The van der Waals surface area contributed by atoms with E-state index in [1.807, 2.05) is 0 Å². The molecule has 1 amide bonds. The lowest BCUT2D eigenvalue weighted by Crippen LogP contribution is -2.16. The number of sulfone groups is 1. The van der Waals surface area contributed by atoms with E-state index in [-0.39, 0.29) is 10.8 Å². The molecule has 2 aromatic rings. The van der Waals surface area contributed by atoms with Crippen LogP contribution >= 0.6 is 0 Å². The molecule has 1 aromatic carbocycles. The van der Waals surface area contributed by atoms with Gasteiger partial charge in [0.15, 0.2) is 9.84 Å². The van der Waals surface area contributed by atoms with Crippen LogP contribution in [0.5, 0.6) is 0 Å². The SMILES string of the molecule is CC(C)S(=O)(=O)c1ccc(C(=O)Nc2onc3c2CCCC3)cc1. The van der Waals surface area contributed by atoms with Crippen LogP contribution in [-0.2, 0) is 22.7 Å². The zero-order valence-electron chi connectivity index (χ0n) is 13.7. The van der Waals surface area contributed by atoms with Crippen molar-refractivity contribution in [2.24, 2.45) is 0 Å². The first-order valence-corrected chi connectivity index (χ1v) is 9.57. The molecule has 0 saturated carbocycles. The van der Waals surface area contributed by atoms with Crippen LogP contribution in [0.25, 0.3) is 0 Å². The molecule has 0 unspecified atom stereocenters. The zero-order valence-corrected chi connectivity index (χ0v) is 14.5. The molecule has 128 valence electrons. The van der Waals surface area contributed by atoms with Crippen molar-refractivity contribution < 1.29 is 17.7 Å². The summed E-state index contributed by atoms with van der Waals surface area (Å²) < 4.78 is 29.5. The number of carbonyl (C=O) groups is 1. The summed E-state index contributed by atoms with van der Waals surface area (Å²) in [7, 11) is -3.34. The highest BCUT2D eigenvalue weighted by atomic mass is 32.2. The molecule has 1 aliphatic rings. The predicted octanol–water partition coefficient (Wildman–Crippen LogP) is 2.99. The van der Waals surface area contributed by atoms with Crippen LogP contribution in [0.4, 0.5) is 5.88 Å². The second-order valence-electron chi connectivity index (χ2n) is 6.22. The molecule has 1 aliphatic carbocycles. The average Bonchev–Trinajstić information content (AvgIpc) is 2.98. The van der Waals surface area contributed by atoms with Crippen molar-refractivity contribution in [2.45, 2.75) is 49.7 Å². The van der Waals surface area contributed by atoms with E-state index in [1.165, 1.54) is 24.3 Å². The largest absolute Gasteiger partial charge is 0.338 e. The minimum atomic E-state index is -3.34. The number of hydrogen-bond donors (Lipinski definition) is 1. The van der Waals surface area contributed by atoms with Crippen molar-refractivity contribution >= 4 is 21.6 Å². The van der Waals surface area contributed by atoms with Crippen molar-refractivity contribution in [3.8, 4) is 0 Å². The molecular formula is C17H20N2O4S. The smallest absolute Gasteiger partial charge is 0.258 e. The van der Waals surface area contributed by atoms with Gasteiger partial charge in [0.1, 0.15) is 0 Å². The molecule has 0 fully saturated rings. The van der Waals surface area contributed by atoms with Crippen LogP contribution in [0.1, 0.15) is 48.3 Å². The Morgan fingerprint density at radius 2 is 1.83 bits per heavy atom. The molecular weight excluding hydrogens is 328 g/mol. The first-order valence-electron chi connectivity index (χ1n) is 8.02. The fourth-order valence-electron chi connectivity index (χ4n) is 2.73. The second kappa shape index (κ2) is 6.39. The summed E-state index contributed by atoms with van der Waals surface area (Å²) >= 11 is 0. The number of carbonyl (C=O) groups excluding carboxylic acids is 1. The number of benzene rings is 1. The lowest BCUT2D eigenvalue weighted by atomic mass is 9.97. The molecule has 1 heterocycles. The maximum Gasteiger partial charge on any atom is 0.258 e. The fraction of sp³-hybridized carbons (Fsp3) is 0.412. The summed E-state index contributed by atoms with van der Waals surface area (Å²) in [5.74, 6) is 0.0570. The number of fused-ring (bicyclic) bond motifs is 1.